The summed E-state index contributed by atoms with van der Waals surface area (Å²) in [6.07, 6.45) is 4.58. The number of nitrogens with one attached hydrogen (secondary N) is 1. The van der Waals surface area contributed by atoms with Crippen molar-refractivity contribution in [1.82, 2.24) is 10.2 Å². The highest BCUT2D eigenvalue weighted by Gasteiger charge is 2.20. The Morgan fingerprint density at radius 1 is 1.07 bits per heavy atom. The van der Waals surface area contributed by atoms with Gasteiger partial charge < -0.3 is 10.1 Å². The first-order chi connectivity index (χ1) is 13.2. The van der Waals surface area contributed by atoms with Crippen molar-refractivity contribution in [2.75, 3.05) is 19.7 Å². The molecule has 0 aromatic heterocycles. The highest BCUT2D eigenvalue weighted by Crippen LogP contribution is 2.26. The number of rotatable bonds is 6. The maximum absolute atomic E-state index is 12.2. The molecule has 27 heavy (non-hydrogen) atoms. The molecule has 142 valence electrons. The predicted octanol–water partition coefficient (Wildman–Crippen LogP) is 3.12. The quantitative estimate of drug-likeness (QED) is 0.856. The van der Waals surface area contributed by atoms with Gasteiger partial charge in [0.05, 0.1) is 0 Å². The largest absolute Gasteiger partial charge is 0.484 e. The molecule has 4 rings (SSSR count). The van der Waals surface area contributed by atoms with Crippen LogP contribution in [0.3, 0.4) is 0 Å². The Balaban J connectivity index is 1.22. The van der Waals surface area contributed by atoms with E-state index >= 15 is 0 Å². The average molecular weight is 364 g/mol. The van der Waals surface area contributed by atoms with E-state index in [-0.39, 0.29) is 12.5 Å². The van der Waals surface area contributed by atoms with Crippen LogP contribution in [-0.4, -0.2) is 36.5 Å². The van der Waals surface area contributed by atoms with Gasteiger partial charge in [-0.1, -0.05) is 30.3 Å². The van der Waals surface area contributed by atoms with Gasteiger partial charge >= 0.3 is 0 Å². The van der Waals surface area contributed by atoms with E-state index in [4.69, 9.17) is 4.74 Å². The van der Waals surface area contributed by atoms with E-state index < -0.39 is 0 Å². The van der Waals surface area contributed by atoms with Gasteiger partial charge in [0.15, 0.2) is 6.61 Å². The van der Waals surface area contributed by atoms with E-state index in [0.717, 1.165) is 38.1 Å². The van der Waals surface area contributed by atoms with Crippen LogP contribution in [0.2, 0.25) is 0 Å². The number of carbonyl (C=O) groups excluding carboxylic acids is 1. The summed E-state index contributed by atoms with van der Waals surface area (Å²) < 4.78 is 5.69. The summed E-state index contributed by atoms with van der Waals surface area (Å²) in [4.78, 5) is 14.6. The van der Waals surface area contributed by atoms with Gasteiger partial charge in [0, 0.05) is 25.7 Å². The van der Waals surface area contributed by atoms with Gasteiger partial charge in [-0.3, -0.25) is 9.69 Å². The average Bonchev–Trinajstić information content (AvgIpc) is 3.18. The normalized spacial score (nSPS) is 17.1. The molecule has 0 spiro atoms. The van der Waals surface area contributed by atoms with E-state index in [2.05, 4.69) is 53.5 Å². The summed E-state index contributed by atoms with van der Waals surface area (Å²) in [7, 11) is 0. The predicted molar refractivity (Wildman–Crippen MR) is 107 cm³/mol. The highest BCUT2D eigenvalue weighted by atomic mass is 16.5. The van der Waals surface area contributed by atoms with Crippen LogP contribution >= 0.6 is 0 Å². The molecule has 0 fully saturated rings. The molecule has 4 heteroatoms. The molecule has 0 saturated heterocycles. The monoisotopic (exact) mass is 364 g/mol. The van der Waals surface area contributed by atoms with Gasteiger partial charge in [0.2, 0.25) is 0 Å². The van der Waals surface area contributed by atoms with Gasteiger partial charge in [-0.15, -0.1) is 0 Å². The van der Waals surface area contributed by atoms with Gasteiger partial charge in [0.1, 0.15) is 5.75 Å². The SMILES string of the molecule is C[C@@H](CNC(=O)COc1ccc2c(c1)CCC2)N1CCc2ccccc2C1. The molecule has 0 saturated carbocycles. The second-order valence-corrected chi connectivity index (χ2v) is 7.72. The highest BCUT2D eigenvalue weighted by molar-refractivity contribution is 5.77. The molecule has 2 aliphatic rings. The maximum atomic E-state index is 12.2. The molecule has 4 nitrogen and oxygen atoms in total. The second kappa shape index (κ2) is 8.13. The Hall–Kier alpha value is -2.33. The molecule has 1 N–H and O–H groups in total. The number of hydrogen-bond donors (Lipinski definition) is 1. The minimum atomic E-state index is -0.0558. The van der Waals surface area contributed by atoms with Crippen molar-refractivity contribution in [3.05, 3.63) is 64.7 Å². The molecule has 1 atom stereocenters. The number of fused-ring (bicyclic) bond motifs is 2. The van der Waals surface area contributed by atoms with Gasteiger partial charge in [-0.05, 0) is 67.0 Å². The van der Waals surface area contributed by atoms with Crippen molar-refractivity contribution in [3.63, 3.8) is 0 Å². The maximum Gasteiger partial charge on any atom is 0.257 e. The fraction of sp³-hybridized carbons (Fsp3) is 0.435. The van der Waals surface area contributed by atoms with Crippen molar-refractivity contribution in [1.29, 1.82) is 0 Å². The number of hydrogen-bond acceptors (Lipinski definition) is 3. The van der Waals surface area contributed by atoms with Crippen LogP contribution in [-0.2, 0) is 30.6 Å². The number of ether oxygens (including phenoxy) is 1. The molecule has 1 heterocycles. The Labute approximate surface area is 161 Å². The van der Waals surface area contributed by atoms with Crippen LogP contribution in [0.4, 0.5) is 0 Å². The summed E-state index contributed by atoms with van der Waals surface area (Å²) in [6.45, 7) is 4.90. The Kier molecular flexibility index (Phi) is 5.44. The molecule has 1 aliphatic carbocycles. The molecule has 0 unspecified atom stereocenters. The third-order valence-corrected chi connectivity index (χ3v) is 5.82. The summed E-state index contributed by atoms with van der Waals surface area (Å²) >= 11 is 0. The van der Waals surface area contributed by atoms with Crippen molar-refractivity contribution >= 4 is 5.91 Å². The number of amides is 1. The van der Waals surface area contributed by atoms with Crippen LogP contribution in [0.15, 0.2) is 42.5 Å². The first-order valence-electron chi connectivity index (χ1n) is 10.0. The summed E-state index contributed by atoms with van der Waals surface area (Å²) in [5.41, 5.74) is 5.64. The van der Waals surface area contributed by atoms with E-state index in [1.54, 1.807) is 0 Å². The molecular formula is C23H28N2O2. The Morgan fingerprint density at radius 2 is 1.85 bits per heavy atom. The van der Waals surface area contributed by atoms with E-state index in [0.29, 0.717) is 12.6 Å². The zero-order chi connectivity index (χ0) is 18.6. The number of carbonyl (C=O) groups is 1. The van der Waals surface area contributed by atoms with Gasteiger partial charge in [-0.2, -0.15) is 0 Å². The minimum Gasteiger partial charge on any atom is -0.484 e. The first-order valence-corrected chi connectivity index (χ1v) is 10.0. The minimum absolute atomic E-state index is 0.0558. The van der Waals surface area contributed by atoms with Crippen molar-refractivity contribution in [2.45, 2.75) is 45.2 Å². The fourth-order valence-electron chi connectivity index (χ4n) is 4.12. The third kappa shape index (κ3) is 4.33. The van der Waals surface area contributed by atoms with Crippen molar-refractivity contribution < 1.29 is 9.53 Å². The second-order valence-electron chi connectivity index (χ2n) is 7.72. The number of benzene rings is 2. The van der Waals surface area contributed by atoms with Crippen molar-refractivity contribution in [2.24, 2.45) is 0 Å². The standard InChI is InChI=1S/C23H28N2O2/c1-17(25-12-11-19-5-2-3-6-21(19)15-25)14-24-23(26)16-27-22-10-9-18-7-4-8-20(18)13-22/h2-3,5-6,9-10,13,17H,4,7-8,11-12,14-16H2,1H3,(H,24,26)/t17-/m0/s1. The Morgan fingerprint density at radius 3 is 2.74 bits per heavy atom. The van der Waals surface area contributed by atoms with E-state index in [9.17, 15) is 4.79 Å². The molecule has 1 amide bonds. The molecule has 2 aromatic rings. The molecule has 0 bridgehead atoms. The summed E-state index contributed by atoms with van der Waals surface area (Å²) in [5.74, 6) is 0.742. The molecular weight excluding hydrogens is 336 g/mol. The molecule has 1 aliphatic heterocycles. The molecule has 0 radical (unpaired) electrons. The third-order valence-electron chi connectivity index (χ3n) is 5.82. The van der Waals surface area contributed by atoms with Crippen molar-refractivity contribution in [3.8, 4) is 5.75 Å². The zero-order valence-electron chi connectivity index (χ0n) is 16.0. The lowest BCUT2D eigenvalue weighted by Crippen LogP contribution is -2.45. The topological polar surface area (TPSA) is 41.6 Å². The van der Waals surface area contributed by atoms with Crippen LogP contribution in [0.25, 0.3) is 0 Å². The Bertz CT molecular complexity index is 818. The number of aryl methyl sites for hydroxylation is 2. The fourth-order valence-corrected chi connectivity index (χ4v) is 4.12. The smallest absolute Gasteiger partial charge is 0.257 e. The summed E-state index contributed by atoms with van der Waals surface area (Å²) in [5, 5.41) is 3.02. The van der Waals surface area contributed by atoms with Gasteiger partial charge in [0.25, 0.3) is 5.91 Å². The van der Waals surface area contributed by atoms with Crippen LogP contribution in [0, 0.1) is 0 Å². The van der Waals surface area contributed by atoms with Crippen LogP contribution < -0.4 is 10.1 Å². The molecule has 2 aromatic carbocycles. The lowest BCUT2D eigenvalue weighted by atomic mass is 9.99. The van der Waals surface area contributed by atoms with Crippen LogP contribution in [0.1, 0.15) is 35.6 Å². The lowest BCUT2D eigenvalue weighted by molar-refractivity contribution is -0.123. The van der Waals surface area contributed by atoms with Gasteiger partial charge in [-0.25, -0.2) is 0 Å². The first kappa shape index (κ1) is 18.1. The van der Waals surface area contributed by atoms with E-state index in [1.807, 2.05) is 6.07 Å². The number of nitrogens with zero attached hydrogens (tertiary/aromatic N) is 1. The lowest BCUT2D eigenvalue weighted by Gasteiger charge is -2.33. The summed E-state index contributed by atoms with van der Waals surface area (Å²) in [6, 6.07) is 15.1. The zero-order valence-corrected chi connectivity index (χ0v) is 16.0. The van der Waals surface area contributed by atoms with E-state index in [1.165, 1.54) is 28.7 Å². The van der Waals surface area contributed by atoms with Crippen LogP contribution in [0.5, 0.6) is 5.75 Å².